The highest BCUT2D eigenvalue weighted by Gasteiger charge is 2.11. The van der Waals surface area contributed by atoms with E-state index in [2.05, 4.69) is 32.5 Å². The molecule has 4 aromatic rings. The Bertz CT molecular complexity index is 882. The Morgan fingerprint density at radius 1 is 0.714 bits per heavy atom. The van der Waals surface area contributed by atoms with Gasteiger partial charge in [-0.25, -0.2) is 0 Å². The second kappa shape index (κ2) is 4.83. The van der Waals surface area contributed by atoms with E-state index in [0.29, 0.717) is 0 Å². The molecular weight excluding hydrogens is 260 g/mol. The van der Waals surface area contributed by atoms with Gasteiger partial charge in [-0.15, -0.1) is 10.2 Å². The highest BCUT2D eigenvalue weighted by Crippen LogP contribution is 2.28. The summed E-state index contributed by atoms with van der Waals surface area (Å²) in [6, 6.07) is 22.2. The van der Waals surface area contributed by atoms with Crippen LogP contribution in [0.5, 0.6) is 0 Å². The monoisotopic (exact) mass is 272 g/mol. The summed E-state index contributed by atoms with van der Waals surface area (Å²) in [5, 5.41) is 12.2. The topological polar surface area (TPSA) is 54.5 Å². The lowest BCUT2D eigenvalue weighted by Crippen LogP contribution is -1.92. The first-order valence-corrected chi connectivity index (χ1v) is 6.75. The molecule has 0 aliphatic carbocycles. The SMILES string of the molecule is c1ccc(-c2cc3nnnc(-c4ccccc4)c3[nH]2)cc1. The molecule has 2 aromatic heterocycles. The third-order valence-electron chi connectivity index (χ3n) is 3.46. The minimum atomic E-state index is 0.822. The number of aromatic amines is 1. The van der Waals surface area contributed by atoms with Crippen molar-refractivity contribution in [2.75, 3.05) is 0 Å². The summed E-state index contributed by atoms with van der Waals surface area (Å²) in [5.74, 6) is 0. The zero-order chi connectivity index (χ0) is 14.1. The van der Waals surface area contributed by atoms with Gasteiger partial charge in [-0.2, -0.15) is 0 Å². The number of H-pyrrole nitrogens is 1. The lowest BCUT2D eigenvalue weighted by molar-refractivity contribution is 0.900. The van der Waals surface area contributed by atoms with E-state index in [-0.39, 0.29) is 0 Å². The third-order valence-corrected chi connectivity index (χ3v) is 3.46. The van der Waals surface area contributed by atoms with Crippen LogP contribution in [-0.4, -0.2) is 20.4 Å². The van der Waals surface area contributed by atoms with Crippen molar-refractivity contribution in [1.29, 1.82) is 0 Å². The molecule has 0 saturated heterocycles. The first-order valence-electron chi connectivity index (χ1n) is 6.75. The van der Waals surface area contributed by atoms with Crippen LogP contribution in [0.25, 0.3) is 33.5 Å². The highest BCUT2D eigenvalue weighted by molar-refractivity contribution is 5.92. The first-order chi connectivity index (χ1) is 10.4. The van der Waals surface area contributed by atoms with Gasteiger partial charge in [0.25, 0.3) is 0 Å². The van der Waals surface area contributed by atoms with Gasteiger partial charge < -0.3 is 4.98 Å². The van der Waals surface area contributed by atoms with Crippen molar-refractivity contribution in [3.8, 4) is 22.5 Å². The second-order valence-corrected chi connectivity index (χ2v) is 4.81. The van der Waals surface area contributed by atoms with Crippen molar-refractivity contribution in [3.63, 3.8) is 0 Å². The zero-order valence-corrected chi connectivity index (χ0v) is 11.2. The number of nitrogens with one attached hydrogen (secondary N) is 1. The molecule has 4 nitrogen and oxygen atoms in total. The van der Waals surface area contributed by atoms with Crippen LogP contribution in [0.2, 0.25) is 0 Å². The number of fused-ring (bicyclic) bond motifs is 1. The van der Waals surface area contributed by atoms with Gasteiger partial charge >= 0.3 is 0 Å². The van der Waals surface area contributed by atoms with Crippen molar-refractivity contribution in [1.82, 2.24) is 20.4 Å². The number of hydrogen-bond donors (Lipinski definition) is 1. The molecule has 4 heteroatoms. The van der Waals surface area contributed by atoms with Crippen molar-refractivity contribution in [3.05, 3.63) is 66.7 Å². The number of rotatable bonds is 2. The van der Waals surface area contributed by atoms with Crippen molar-refractivity contribution in [2.45, 2.75) is 0 Å². The predicted octanol–water partition coefficient (Wildman–Crippen LogP) is 3.69. The van der Waals surface area contributed by atoms with Crippen molar-refractivity contribution >= 4 is 11.0 Å². The first kappa shape index (κ1) is 11.8. The normalized spacial score (nSPS) is 10.9. The quantitative estimate of drug-likeness (QED) is 0.605. The fraction of sp³-hybridized carbons (Fsp3) is 0. The molecule has 1 N–H and O–H groups in total. The van der Waals surface area contributed by atoms with Crippen LogP contribution in [-0.2, 0) is 0 Å². The van der Waals surface area contributed by atoms with Gasteiger partial charge in [0.05, 0.1) is 5.52 Å². The molecule has 0 unspecified atom stereocenters. The summed E-state index contributed by atoms with van der Waals surface area (Å²) in [6.45, 7) is 0. The van der Waals surface area contributed by atoms with E-state index in [1.165, 1.54) is 0 Å². The standard InChI is InChI=1S/C17H12N4/c1-3-7-12(8-4-1)14-11-15-17(18-14)16(20-21-19-15)13-9-5-2-6-10-13/h1-11,18H. The maximum atomic E-state index is 4.19. The number of nitrogens with zero attached hydrogens (tertiary/aromatic N) is 3. The number of hydrogen-bond acceptors (Lipinski definition) is 3. The Balaban J connectivity index is 1.93. The zero-order valence-electron chi connectivity index (χ0n) is 11.2. The molecule has 0 saturated carbocycles. The molecule has 0 aliphatic rings. The Morgan fingerprint density at radius 2 is 1.38 bits per heavy atom. The largest absolute Gasteiger partial charge is 0.351 e. The van der Waals surface area contributed by atoms with Crippen LogP contribution in [0, 0.1) is 0 Å². The maximum absolute atomic E-state index is 4.19. The predicted molar refractivity (Wildman–Crippen MR) is 82.6 cm³/mol. The Labute approximate surface area is 121 Å². The van der Waals surface area contributed by atoms with Crippen molar-refractivity contribution < 1.29 is 0 Å². The smallest absolute Gasteiger partial charge is 0.120 e. The van der Waals surface area contributed by atoms with E-state index in [0.717, 1.165) is 33.5 Å². The number of aromatic nitrogens is 4. The molecule has 2 heterocycles. The van der Waals surface area contributed by atoms with Crippen LogP contribution >= 0.6 is 0 Å². The van der Waals surface area contributed by atoms with Crippen LogP contribution < -0.4 is 0 Å². The Morgan fingerprint density at radius 3 is 2.10 bits per heavy atom. The lowest BCUT2D eigenvalue weighted by atomic mass is 10.1. The van der Waals surface area contributed by atoms with Crippen LogP contribution in [0.1, 0.15) is 0 Å². The van der Waals surface area contributed by atoms with Crippen molar-refractivity contribution in [2.24, 2.45) is 0 Å². The summed E-state index contributed by atoms with van der Waals surface area (Å²) in [5.41, 5.74) is 5.72. The summed E-state index contributed by atoms with van der Waals surface area (Å²) < 4.78 is 0. The van der Waals surface area contributed by atoms with Gasteiger partial charge in [0.2, 0.25) is 0 Å². The highest BCUT2D eigenvalue weighted by atomic mass is 15.3. The van der Waals surface area contributed by atoms with Gasteiger partial charge in [-0.1, -0.05) is 60.7 Å². The van der Waals surface area contributed by atoms with E-state index in [1.54, 1.807) is 0 Å². The molecule has 0 amide bonds. The summed E-state index contributed by atoms with van der Waals surface area (Å²) in [6.07, 6.45) is 0. The molecule has 0 atom stereocenters. The fourth-order valence-corrected chi connectivity index (χ4v) is 2.44. The lowest BCUT2D eigenvalue weighted by Gasteiger charge is -2.00. The van der Waals surface area contributed by atoms with Crippen LogP contribution in [0.15, 0.2) is 66.7 Å². The second-order valence-electron chi connectivity index (χ2n) is 4.81. The minimum absolute atomic E-state index is 0.822. The van der Waals surface area contributed by atoms with Gasteiger partial charge in [-0.3, -0.25) is 0 Å². The molecule has 100 valence electrons. The van der Waals surface area contributed by atoms with Gasteiger partial charge in [-0.05, 0) is 16.8 Å². The van der Waals surface area contributed by atoms with Gasteiger partial charge in [0.1, 0.15) is 11.2 Å². The van der Waals surface area contributed by atoms with E-state index in [4.69, 9.17) is 0 Å². The maximum Gasteiger partial charge on any atom is 0.120 e. The molecular formula is C17H12N4. The van der Waals surface area contributed by atoms with Gasteiger partial charge in [0, 0.05) is 11.3 Å². The fourth-order valence-electron chi connectivity index (χ4n) is 2.44. The molecule has 0 bridgehead atoms. The molecule has 0 fully saturated rings. The average Bonchev–Trinajstić information content (AvgIpc) is 3.00. The van der Waals surface area contributed by atoms with E-state index < -0.39 is 0 Å². The van der Waals surface area contributed by atoms with Crippen LogP contribution in [0.3, 0.4) is 0 Å². The summed E-state index contributed by atoms with van der Waals surface area (Å²) >= 11 is 0. The van der Waals surface area contributed by atoms with Crippen LogP contribution in [0.4, 0.5) is 0 Å². The molecule has 0 aliphatic heterocycles. The number of benzene rings is 2. The molecule has 2 aromatic carbocycles. The van der Waals surface area contributed by atoms with Gasteiger partial charge in [0.15, 0.2) is 0 Å². The molecule has 4 rings (SSSR count). The average molecular weight is 272 g/mol. The third kappa shape index (κ3) is 2.07. The molecule has 21 heavy (non-hydrogen) atoms. The Kier molecular flexibility index (Phi) is 2.71. The summed E-state index contributed by atoms with van der Waals surface area (Å²) in [7, 11) is 0. The van der Waals surface area contributed by atoms with E-state index in [9.17, 15) is 0 Å². The minimum Gasteiger partial charge on any atom is -0.351 e. The Hall–Kier alpha value is -3.01. The summed E-state index contributed by atoms with van der Waals surface area (Å²) in [4.78, 5) is 3.41. The van der Waals surface area contributed by atoms with E-state index in [1.807, 2.05) is 54.6 Å². The molecule has 0 spiro atoms. The molecule has 0 radical (unpaired) electrons. The van der Waals surface area contributed by atoms with E-state index >= 15 is 0 Å².